The molecule has 0 saturated heterocycles. The van der Waals surface area contributed by atoms with Crippen molar-refractivity contribution in [3.05, 3.63) is 29.8 Å². The molecule has 3 nitrogen and oxygen atoms in total. The Morgan fingerprint density at radius 1 is 0.571 bits per heavy atom. The van der Waals surface area contributed by atoms with E-state index < -0.39 is 10.1 Å². The molecule has 1 aromatic rings. The summed E-state index contributed by atoms with van der Waals surface area (Å²) in [4.78, 5) is -0.108. The maximum atomic E-state index is 11.1. The predicted octanol–water partition coefficient (Wildman–Crippen LogP) is 6.74. The average molecular weight is 517 g/mol. The molecule has 0 unspecified atom stereocenters. The van der Waals surface area contributed by atoms with Crippen molar-refractivity contribution in [3.8, 4) is 0 Å². The van der Waals surface area contributed by atoms with Crippen LogP contribution in [0.3, 0.4) is 0 Å². The van der Waals surface area contributed by atoms with Gasteiger partial charge in [-0.2, -0.15) is 0 Å². The third kappa shape index (κ3) is 21.9. The summed E-state index contributed by atoms with van der Waals surface area (Å²) in [5, 5.41) is 0. The van der Waals surface area contributed by atoms with Crippen molar-refractivity contribution in [2.24, 2.45) is 0 Å². The van der Waals surface area contributed by atoms with E-state index in [2.05, 4.69) is 6.92 Å². The second-order valence-electron chi connectivity index (χ2n) is 10.3. The smallest absolute Gasteiger partial charge is 0.744 e. The Balaban J connectivity index is 0.0000116. The van der Waals surface area contributed by atoms with Crippen molar-refractivity contribution in [3.63, 3.8) is 0 Å². The summed E-state index contributed by atoms with van der Waals surface area (Å²) in [6.45, 7) is 2.29. The van der Waals surface area contributed by atoms with Gasteiger partial charge >= 0.3 is 29.6 Å². The van der Waals surface area contributed by atoms with E-state index in [9.17, 15) is 13.0 Å². The van der Waals surface area contributed by atoms with Gasteiger partial charge in [-0.15, -0.1) is 0 Å². The third-order valence-corrected chi connectivity index (χ3v) is 7.84. The van der Waals surface area contributed by atoms with E-state index in [0.717, 1.165) is 18.4 Å². The summed E-state index contributed by atoms with van der Waals surface area (Å²) in [7, 11) is -4.34. The molecule has 0 aliphatic rings. The molecule has 35 heavy (non-hydrogen) atoms. The zero-order valence-corrected chi connectivity index (χ0v) is 26.0. The second kappa shape index (κ2) is 24.5. The summed E-state index contributed by atoms with van der Waals surface area (Å²) in [5.41, 5.74) is 0.949. The first-order valence-electron chi connectivity index (χ1n) is 14.6. The van der Waals surface area contributed by atoms with Crippen molar-refractivity contribution >= 4 is 10.1 Å². The molecule has 0 N–H and O–H groups in total. The molecule has 0 atom stereocenters. The number of unbranched alkanes of at least 4 members (excludes halogenated alkanes) is 21. The van der Waals surface area contributed by atoms with Gasteiger partial charge in [0.1, 0.15) is 10.1 Å². The van der Waals surface area contributed by atoms with Gasteiger partial charge in [-0.25, -0.2) is 8.42 Å². The molecular formula is C30H53NaO3S. The summed E-state index contributed by atoms with van der Waals surface area (Å²) in [6.07, 6.45) is 31.2. The van der Waals surface area contributed by atoms with Crippen LogP contribution in [-0.4, -0.2) is 13.0 Å². The summed E-state index contributed by atoms with van der Waals surface area (Å²) in [6, 6.07) is 6.48. The van der Waals surface area contributed by atoms with E-state index in [-0.39, 0.29) is 34.5 Å². The van der Waals surface area contributed by atoms with Gasteiger partial charge in [-0.05, 0) is 30.5 Å². The van der Waals surface area contributed by atoms with Crippen LogP contribution in [0.1, 0.15) is 154 Å². The van der Waals surface area contributed by atoms with Gasteiger partial charge in [-0.3, -0.25) is 0 Å². The molecule has 0 aliphatic heterocycles. The minimum Gasteiger partial charge on any atom is -0.744 e. The molecule has 0 aromatic heterocycles. The van der Waals surface area contributed by atoms with Gasteiger partial charge in [0, 0.05) is 0 Å². The SMILES string of the molecule is CCCCCCCCCCCCCCCCCCCCCCCCc1cccc(S(=O)(=O)[O-])c1.[Na+]. The maximum Gasteiger partial charge on any atom is 1.00 e. The Labute approximate surface area is 240 Å². The molecule has 0 spiro atoms. The number of hydrogen-bond donors (Lipinski definition) is 0. The van der Waals surface area contributed by atoms with Crippen molar-refractivity contribution in [2.75, 3.05) is 0 Å². The van der Waals surface area contributed by atoms with Gasteiger partial charge in [0.25, 0.3) is 0 Å². The predicted molar refractivity (Wildman–Crippen MR) is 145 cm³/mol. The minimum absolute atomic E-state index is 0. The van der Waals surface area contributed by atoms with E-state index in [1.54, 1.807) is 6.07 Å². The molecule has 198 valence electrons. The van der Waals surface area contributed by atoms with E-state index in [0.29, 0.717) is 0 Å². The monoisotopic (exact) mass is 516 g/mol. The van der Waals surface area contributed by atoms with Crippen LogP contribution < -0.4 is 29.6 Å². The van der Waals surface area contributed by atoms with Crippen LogP contribution in [-0.2, 0) is 16.5 Å². The molecule has 0 radical (unpaired) electrons. The third-order valence-electron chi connectivity index (χ3n) is 7.01. The number of aryl methyl sites for hydroxylation is 1. The van der Waals surface area contributed by atoms with E-state index in [1.807, 2.05) is 6.07 Å². The molecule has 1 rings (SSSR count). The molecule has 0 bridgehead atoms. The Bertz CT molecular complexity index is 691. The first-order valence-corrected chi connectivity index (χ1v) is 16.0. The topological polar surface area (TPSA) is 57.2 Å². The van der Waals surface area contributed by atoms with Crippen molar-refractivity contribution in [1.82, 2.24) is 0 Å². The fraction of sp³-hybridized carbons (Fsp3) is 0.800. The van der Waals surface area contributed by atoms with Crippen LogP contribution >= 0.6 is 0 Å². The molecule has 0 aliphatic carbocycles. The number of benzene rings is 1. The van der Waals surface area contributed by atoms with E-state index >= 15 is 0 Å². The average Bonchev–Trinajstić information content (AvgIpc) is 2.82. The molecule has 0 heterocycles. The van der Waals surface area contributed by atoms with Gasteiger partial charge < -0.3 is 4.55 Å². The van der Waals surface area contributed by atoms with Gasteiger partial charge in [0.2, 0.25) is 0 Å². The summed E-state index contributed by atoms with van der Waals surface area (Å²) >= 11 is 0. The minimum atomic E-state index is -4.34. The van der Waals surface area contributed by atoms with Crippen molar-refractivity contribution < 1.29 is 42.5 Å². The van der Waals surface area contributed by atoms with Crippen molar-refractivity contribution in [1.29, 1.82) is 0 Å². The molecule has 0 amide bonds. The number of hydrogen-bond acceptors (Lipinski definition) is 3. The fourth-order valence-corrected chi connectivity index (χ4v) is 5.34. The maximum absolute atomic E-state index is 11.1. The largest absolute Gasteiger partial charge is 1.00 e. The Hall–Kier alpha value is 0.130. The first-order chi connectivity index (χ1) is 16.5. The van der Waals surface area contributed by atoms with Gasteiger partial charge in [0.15, 0.2) is 0 Å². The molecule has 5 heteroatoms. The normalized spacial score (nSPS) is 11.5. The van der Waals surface area contributed by atoms with Gasteiger partial charge in [-0.1, -0.05) is 154 Å². The standard InChI is InChI=1S/C30H54O3S.Na/c1-2-3-4-5-6-7-8-9-10-11-12-13-14-15-16-17-18-19-20-21-22-23-25-29-26-24-27-30(28-29)34(31,32)33;/h24,26-28H,2-23,25H2,1H3,(H,31,32,33);/q;+1/p-1. The van der Waals surface area contributed by atoms with Crippen LogP contribution in [0.15, 0.2) is 29.2 Å². The van der Waals surface area contributed by atoms with E-state index in [1.165, 1.54) is 147 Å². The summed E-state index contributed by atoms with van der Waals surface area (Å²) < 4.78 is 33.3. The van der Waals surface area contributed by atoms with E-state index in [4.69, 9.17) is 0 Å². The second-order valence-corrected chi connectivity index (χ2v) is 11.7. The van der Waals surface area contributed by atoms with Crippen LogP contribution in [0, 0.1) is 0 Å². The van der Waals surface area contributed by atoms with Crippen LogP contribution in [0.2, 0.25) is 0 Å². The first kappa shape index (κ1) is 35.1. The molecular weight excluding hydrogens is 463 g/mol. The molecule has 0 fully saturated rings. The van der Waals surface area contributed by atoms with Crippen LogP contribution in [0.5, 0.6) is 0 Å². The van der Waals surface area contributed by atoms with Crippen LogP contribution in [0.4, 0.5) is 0 Å². The van der Waals surface area contributed by atoms with Crippen molar-refractivity contribution in [2.45, 2.75) is 159 Å². The molecule has 0 saturated carbocycles. The zero-order valence-electron chi connectivity index (χ0n) is 23.2. The Morgan fingerprint density at radius 2 is 0.914 bits per heavy atom. The van der Waals surface area contributed by atoms with Crippen LogP contribution in [0.25, 0.3) is 0 Å². The number of rotatable bonds is 24. The zero-order chi connectivity index (χ0) is 24.7. The summed E-state index contributed by atoms with van der Waals surface area (Å²) in [5.74, 6) is 0. The van der Waals surface area contributed by atoms with Gasteiger partial charge in [0.05, 0.1) is 4.90 Å². The Morgan fingerprint density at radius 3 is 1.26 bits per heavy atom. The fourth-order valence-electron chi connectivity index (χ4n) is 4.79. The molecule has 1 aromatic carbocycles. The quantitative estimate of drug-likeness (QED) is 0.0868. The Kier molecular flexibility index (Phi) is 24.6.